The van der Waals surface area contributed by atoms with Crippen molar-refractivity contribution in [1.82, 2.24) is 10.1 Å². The molecule has 1 amide bonds. The standard InChI is InChI=1S/C26H32N4O2S/c1-5-29-12-14-30(15-13-29)21-10-11-24(18(2)16-21)27-26(31)22-8-6-7-9-25(22)33-17-23-19(3)28-32-20(23)4/h6-11,16H,5,12-15,17H2,1-4H3,(H,27,31). The minimum atomic E-state index is -0.0933. The van der Waals surface area contributed by atoms with Gasteiger partial charge in [0, 0.05) is 53.8 Å². The first kappa shape index (κ1) is 23.4. The largest absolute Gasteiger partial charge is 0.369 e. The Labute approximate surface area is 200 Å². The van der Waals surface area contributed by atoms with E-state index < -0.39 is 0 Å². The van der Waals surface area contributed by atoms with Gasteiger partial charge in [-0.2, -0.15) is 0 Å². The van der Waals surface area contributed by atoms with E-state index in [0.717, 1.165) is 65.9 Å². The summed E-state index contributed by atoms with van der Waals surface area (Å²) in [6.45, 7) is 13.5. The smallest absolute Gasteiger partial charge is 0.256 e. The molecule has 1 aliphatic rings. The zero-order valence-electron chi connectivity index (χ0n) is 19.9. The molecule has 1 aliphatic heterocycles. The molecule has 6 nitrogen and oxygen atoms in total. The van der Waals surface area contributed by atoms with Crippen molar-refractivity contribution in [3.05, 3.63) is 70.6 Å². The number of aryl methyl sites for hydroxylation is 3. The van der Waals surface area contributed by atoms with Crippen LogP contribution in [-0.4, -0.2) is 48.7 Å². The molecule has 0 spiro atoms. The molecule has 0 atom stereocenters. The number of rotatable bonds is 7. The number of nitrogens with zero attached hydrogens (tertiary/aromatic N) is 3. The van der Waals surface area contributed by atoms with E-state index in [9.17, 15) is 4.79 Å². The first-order valence-electron chi connectivity index (χ1n) is 11.5. The maximum Gasteiger partial charge on any atom is 0.256 e. The Bertz CT molecular complexity index is 1100. The molecule has 174 valence electrons. The molecule has 2 aromatic carbocycles. The molecule has 3 aromatic rings. The third-order valence-corrected chi connectivity index (χ3v) is 7.43. The lowest BCUT2D eigenvalue weighted by molar-refractivity contribution is 0.102. The number of likely N-dealkylation sites (N-methyl/N-ethyl adjacent to an activating group) is 1. The van der Waals surface area contributed by atoms with Crippen LogP contribution in [-0.2, 0) is 5.75 Å². The van der Waals surface area contributed by atoms with Gasteiger partial charge in [0.2, 0.25) is 0 Å². The van der Waals surface area contributed by atoms with Gasteiger partial charge >= 0.3 is 0 Å². The topological polar surface area (TPSA) is 61.6 Å². The lowest BCUT2D eigenvalue weighted by Crippen LogP contribution is -2.46. The highest BCUT2D eigenvalue weighted by Crippen LogP contribution is 2.30. The van der Waals surface area contributed by atoms with Crippen LogP contribution in [0.3, 0.4) is 0 Å². The molecule has 1 N–H and O–H groups in total. The minimum absolute atomic E-state index is 0.0933. The van der Waals surface area contributed by atoms with Crippen LogP contribution in [0.2, 0.25) is 0 Å². The SMILES string of the molecule is CCN1CCN(c2ccc(NC(=O)c3ccccc3SCc3c(C)noc3C)c(C)c2)CC1. The van der Waals surface area contributed by atoms with Crippen LogP contribution < -0.4 is 10.2 Å². The monoisotopic (exact) mass is 464 g/mol. The van der Waals surface area contributed by atoms with E-state index in [2.05, 4.69) is 46.3 Å². The number of thioether (sulfide) groups is 1. The van der Waals surface area contributed by atoms with Crippen LogP contribution in [0, 0.1) is 20.8 Å². The molecule has 0 unspecified atom stereocenters. The summed E-state index contributed by atoms with van der Waals surface area (Å²) in [7, 11) is 0. The van der Waals surface area contributed by atoms with Crippen molar-refractivity contribution >= 4 is 29.0 Å². The van der Waals surface area contributed by atoms with Crippen LogP contribution in [0.5, 0.6) is 0 Å². The fourth-order valence-electron chi connectivity index (χ4n) is 4.13. The summed E-state index contributed by atoms with van der Waals surface area (Å²) in [5, 5.41) is 7.15. The molecule has 1 saturated heterocycles. The zero-order chi connectivity index (χ0) is 23.4. The molecular weight excluding hydrogens is 432 g/mol. The van der Waals surface area contributed by atoms with Crippen LogP contribution >= 0.6 is 11.8 Å². The maximum absolute atomic E-state index is 13.2. The van der Waals surface area contributed by atoms with Gasteiger partial charge in [-0.3, -0.25) is 4.79 Å². The summed E-state index contributed by atoms with van der Waals surface area (Å²) in [6, 6.07) is 14.0. The number of piperazine rings is 1. The fraction of sp³-hybridized carbons (Fsp3) is 0.385. The number of hydrogen-bond donors (Lipinski definition) is 1. The predicted molar refractivity (Wildman–Crippen MR) is 135 cm³/mol. The fourth-order valence-corrected chi connectivity index (χ4v) is 5.34. The number of carbonyl (C=O) groups is 1. The highest BCUT2D eigenvalue weighted by molar-refractivity contribution is 7.98. The average molecular weight is 465 g/mol. The zero-order valence-corrected chi connectivity index (χ0v) is 20.7. The van der Waals surface area contributed by atoms with Gasteiger partial charge in [0.15, 0.2) is 0 Å². The molecule has 33 heavy (non-hydrogen) atoms. The van der Waals surface area contributed by atoms with E-state index in [1.165, 1.54) is 5.69 Å². The summed E-state index contributed by atoms with van der Waals surface area (Å²) < 4.78 is 5.27. The van der Waals surface area contributed by atoms with Gasteiger partial charge < -0.3 is 19.6 Å². The Kier molecular flexibility index (Phi) is 7.40. The molecule has 1 fully saturated rings. The Hall–Kier alpha value is -2.77. The summed E-state index contributed by atoms with van der Waals surface area (Å²) >= 11 is 1.63. The normalized spacial score (nSPS) is 14.5. The Morgan fingerprint density at radius 1 is 1.09 bits per heavy atom. The second-order valence-corrected chi connectivity index (χ2v) is 9.48. The molecule has 0 saturated carbocycles. The molecule has 2 heterocycles. The van der Waals surface area contributed by atoms with E-state index in [1.54, 1.807) is 11.8 Å². The quantitative estimate of drug-likeness (QED) is 0.480. The summed E-state index contributed by atoms with van der Waals surface area (Å²) in [6.07, 6.45) is 0. The van der Waals surface area contributed by atoms with Gasteiger partial charge in [-0.1, -0.05) is 24.2 Å². The summed E-state index contributed by atoms with van der Waals surface area (Å²) in [5.41, 5.74) is 5.79. The number of amides is 1. The Balaban J connectivity index is 1.44. The van der Waals surface area contributed by atoms with Gasteiger partial charge in [0.1, 0.15) is 5.76 Å². The van der Waals surface area contributed by atoms with E-state index in [1.807, 2.05) is 44.2 Å². The van der Waals surface area contributed by atoms with E-state index >= 15 is 0 Å². The Morgan fingerprint density at radius 2 is 1.85 bits per heavy atom. The number of hydrogen-bond acceptors (Lipinski definition) is 6. The number of carbonyl (C=O) groups excluding carboxylic acids is 1. The first-order valence-corrected chi connectivity index (χ1v) is 12.5. The van der Waals surface area contributed by atoms with Crippen molar-refractivity contribution < 1.29 is 9.32 Å². The summed E-state index contributed by atoms with van der Waals surface area (Å²) in [4.78, 5) is 19.0. The number of benzene rings is 2. The van der Waals surface area contributed by atoms with Crippen molar-refractivity contribution in [3.63, 3.8) is 0 Å². The Morgan fingerprint density at radius 3 is 2.52 bits per heavy atom. The van der Waals surface area contributed by atoms with Crippen molar-refractivity contribution in [2.24, 2.45) is 0 Å². The maximum atomic E-state index is 13.2. The summed E-state index contributed by atoms with van der Waals surface area (Å²) in [5.74, 6) is 1.45. The van der Waals surface area contributed by atoms with Gasteiger partial charge in [-0.05, 0) is 63.2 Å². The molecule has 4 rings (SSSR count). The number of nitrogens with one attached hydrogen (secondary N) is 1. The van der Waals surface area contributed by atoms with Crippen LogP contribution in [0.1, 0.15) is 39.9 Å². The van der Waals surface area contributed by atoms with E-state index in [0.29, 0.717) is 11.3 Å². The van der Waals surface area contributed by atoms with Crippen LogP contribution in [0.15, 0.2) is 51.9 Å². The highest BCUT2D eigenvalue weighted by Gasteiger charge is 2.18. The predicted octanol–water partition coefficient (Wildman–Crippen LogP) is 5.29. The second-order valence-electron chi connectivity index (χ2n) is 8.46. The molecule has 0 aliphatic carbocycles. The average Bonchev–Trinajstić information content (AvgIpc) is 3.16. The number of aromatic nitrogens is 1. The van der Waals surface area contributed by atoms with Crippen LogP contribution in [0.25, 0.3) is 0 Å². The van der Waals surface area contributed by atoms with Crippen molar-refractivity contribution in [2.75, 3.05) is 42.9 Å². The van der Waals surface area contributed by atoms with Gasteiger partial charge in [0.25, 0.3) is 5.91 Å². The van der Waals surface area contributed by atoms with Gasteiger partial charge in [-0.25, -0.2) is 0 Å². The lowest BCUT2D eigenvalue weighted by Gasteiger charge is -2.35. The molecule has 7 heteroatoms. The molecular formula is C26H32N4O2S. The second kappa shape index (κ2) is 10.4. The van der Waals surface area contributed by atoms with E-state index in [4.69, 9.17) is 4.52 Å². The van der Waals surface area contributed by atoms with Crippen molar-refractivity contribution in [3.8, 4) is 0 Å². The molecule has 0 bridgehead atoms. The van der Waals surface area contributed by atoms with Gasteiger partial charge in [-0.15, -0.1) is 11.8 Å². The first-order chi connectivity index (χ1) is 16.0. The third kappa shape index (κ3) is 5.42. The third-order valence-electron chi connectivity index (χ3n) is 6.33. The molecule has 1 aromatic heterocycles. The highest BCUT2D eigenvalue weighted by atomic mass is 32.2. The number of anilines is 2. The van der Waals surface area contributed by atoms with Crippen molar-refractivity contribution in [1.29, 1.82) is 0 Å². The van der Waals surface area contributed by atoms with Crippen molar-refractivity contribution in [2.45, 2.75) is 38.3 Å². The van der Waals surface area contributed by atoms with Gasteiger partial charge in [0.05, 0.1) is 11.3 Å². The minimum Gasteiger partial charge on any atom is -0.369 e. The van der Waals surface area contributed by atoms with E-state index in [-0.39, 0.29) is 5.91 Å². The lowest BCUT2D eigenvalue weighted by atomic mass is 10.1. The molecule has 0 radical (unpaired) electrons. The van der Waals surface area contributed by atoms with Crippen LogP contribution in [0.4, 0.5) is 11.4 Å².